The number of alkyl halides is 3. The van der Waals surface area contributed by atoms with Crippen LogP contribution in [0.1, 0.15) is 15.9 Å². The van der Waals surface area contributed by atoms with Gasteiger partial charge in [-0.3, -0.25) is 0 Å². The lowest BCUT2D eigenvalue weighted by Crippen LogP contribution is -2.09. The van der Waals surface area contributed by atoms with Crippen molar-refractivity contribution in [2.24, 2.45) is 0 Å². The Morgan fingerprint density at radius 3 is 2.20 bits per heavy atom. The molecule has 0 saturated carbocycles. The van der Waals surface area contributed by atoms with Crippen LogP contribution in [0.15, 0.2) is 12.1 Å². The fourth-order valence-electron chi connectivity index (χ4n) is 0.958. The fraction of sp³-hybridized carbons (Fsp3) is 0.125. The average molecular weight is 224 g/mol. The summed E-state index contributed by atoms with van der Waals surface area (Å²) in [4.78, 5) is 10.3. The number of carboxylic acid groups (broad SMARTS) is 1. The van der Waals surface area contributed by atoms with E-state index in [1.165, 1.54) is 0 Å². The van der Waals surface area contributed by atoms with Crippen LogP contribution < -0.4 is 0 Å². The van der Waals surface area contributed by atoms with E-state index in [0.29, 0.717) is 12.1 Å². The van der Waals surface area contributed by atoms with Gasteiger partial charge in [0.1, 0.15) is 5.56 Å². The molecule has 0 aromatic heterocycles. The van der Waals surface area contributed by atoms with Crippen LogP contribution in [-0.2, 0) is 6.18 Å². The first kappa shape index (κ1) is 11.3. The van der Waals surface area contributed by atoms with Crippen molar-refractivity contribution in [3.63, 3.8) is 0 Å². The van der Waals surface area contributed by atoms with Crippen LogP contribution in [-0.4, -0.2) is 16.2 Å². The molecule has 82 valence electrons. The Hall–Kier alpha value is -1.79. The Bertz CT molecular complexity index is 411. The molecule has 0 fully saturated rings. The Labute approximate surface area is 80.6 Å². The summed E-state index contributed by atoms with van der Waals surface area (Å²) < 4.78 is 49.2. The van der Waals surface area contributed by atoms with Crippen molar-refractivity contribution < 1.29 is 32.6 Å². The Morgan fingerprint density at radius 2 is 1.80 bits per heavy atom. The van der Waals surface area contributed by atoms with Crippen LogP contribution in [0.25, 0.3) is 0 Å². The van der Waals surface area contributed by atoms with E-state index < -0.39 is 34.8 Å². The maximum atomic E-state index is 12.9. The summed E-state index contributed by atoms with van der Waals surface area (Å²) in [6.07, 6.45) is -4.93. The highest BCUT2D eigenvalue weighted by Gasteiger charge is 2.36. The second-order valence-electron chi connectivity index (χ2n) is 2.63. The molecular formula is C8H4F4O3. The molecule has 0 atom stereocenters. The van der Waals surface area contributed by atoms with Crippen LogP contribution in [0.5, 0.6) is 5.75 Å². The minimum atomic E-state index is -4.93. The molecule has 0 aliphatic rings. The first-order valence-electron chi connectivity index (χ1n) is 3.57. The molecule has 0 aliphatic carbocycles. The van der Waals surface area contributed by atoms with Crippen LogP contribution in [0, 0.1) is 5.82 Å². The first-order chi connectivity index (χ1) is 6.75. The van der Waals surface area contributed by atoms with Crippen LogP contribution in [0.3, 0.4) is 0 Å². The van der Waals surface area contributed by atoms with Crippen molar-refractivity contribution in [1.82, 2.24) is 0 Å². The maximum absolute atomic E-state index is 12.9. The van der Waals surface area contributed by atoms with Crippen molar-refractivity contribution in [3.8, 4) is 5.75 Å². The number of halogens is 4. The summed E-state index contributed by atoms with van der Waals surface area (Å²) in [6, 6.07) is 0.752. The maximum Gasteiger partial charge on any atom is 0.420 e. The lowest BCUT2D eigenvalue weighted by atomic mass is 10.1. The summed E-state index contributed by atoms with van der Waals surface area (Å²) in [6.45, 7) is 0. The van der Waals surface area contributed by atoms with E-state index in [1.807, 2.05) is 0 Å². The third kappa shape index (κ3) is 2.00. The lowest BCUT2D eigenvalue weighted by molar-refractivity contribution is -0.139. The summed E-state index contributed by atoms with van der Waals surface area (Å²) in [5, 5.41) is 17.2. The molecule has 0 aliphatic heterocycles. The normalized spacial score (nSPS) is 11.5. The predicted molar refractivity (Wildman–Crippen MR) is 40.0 cm³/mol. The largest absolute Gasteiger partial charge is 0.504 e. The first-order valence-corrected chi connectivity index (χ1v) is 3.57. The number of hydrogen-bond acceptors (Lipinski definition) is 2. The highest BCUT2D eigenvalue weighted by molar-refractivity contribution is 5.88. The number of phenols is 1. The standard InChI is InChI=1S/C8H4F4O3/c9-5-3(7(14)15)1-2-4(6(5)13)8(10,11)12/h1-2,13H,(H,14,15). The van der Waals surface area contributed by atoms with Crippen molar-refractivity contribution in [3.05, 3.63) is 29.1 Å². The van der Waals surface area contributed by atoms with Crippen molar-refractivity contribution >= 4 is 5.97 Å². The van der Waals surface area contributed by atoms with Crippen LogP contribution in [0.4, 0.5) is 17.6 Å². The van der Waals surface area contributed by atoms with E-state index in [9.17, 15) is 22.4 Å². The van der Waals surface area contributed by atoms with Crippen molar-refractivity contribution in [2.75, 3.05) is 0 Å². The quantitative estimate of drug-likeness (QED) is 0.719. The molecule has 0 bridgehead atoms. The second-order valence-corrected chi connectivity index (χ2v) is 2.63. The molecule has 2 N–H and O–H groups in total. The summed E-state index contributed by atoms with van der Waals surface area (Å²) >= 11 is 0. The molecule has 1 rings (SSSR count). The van der Waals surface area contributed by atoms with Gasteiger partial charge in [0.25, 0.3) is 0 Å². The third-order valence-electron chi connectivity index (χ3n) is 1.65. The Balaban J connectivity index is 3.41. The summed E-state index contributed by atoms with van der Waals surface area (Å²) in [5.74, 6) is -5.25. The van der Waals surface area contributed by atoms with Gasteiger partial charge in [0.05, 0.1) is 5.56 Å². The summed E-state index contributed by atoms with van der Waals surface area (Å²) in [5.41, 5.74) is -2.62. The molecular weight excluding hydrogens is 220 g/mol. The van der Waals surface area contributed by atoms with E-state index in [-0.39, 0.29) is 0 Å². The van der Waals surface area contributed by atoms with Gasteiger partial charge in [-0.2, -0.15) is 13.2 Å². The number of aromatic carboxylic acids is 1. The number of rotatable bonds is 1. The number of benzene rings is 1. The molecule has 0 heterocycles. The number of aromatic hydroxyl groups is 1. The summed E-state index contributed by atoms with van der Waals surface area (Å²) in [7, 11) is 0. The molecule has 15 heavy (non-hydrogen) atoms. The average Bonchev–Trinajstić information content (AvgIpc) is 2.06. The molecule has 1 aromatic rings. The van der Waals surface area contributed by atoms with Crippen LogP contribution >= 0.6 is 0 Å². The van der Waals surface area contributed by atoms with Gasteiger partial charge in [-0.1, -0.05) is 0 Å². The molecule has 0 amide bonds. The predicted octanol–water partition coefficient (Wildman–Crippen LogP) is 2.25. The van der Waals surface area contributed by atoms with Gasteiger partial charge < -0.3 is 10.2 Å². The zero-order chi connectivity index (χ0) is 11.8. The van der Waals surface area contributed by atoms with Gasteiger partial charge in [0.2, 0.25) is 0 Å². The minimum Gasteiger partial charge on any atom is -0.504 e. The number of carboxylic acids is 1. The zero-order valence-electron chi connectivity index (χ0n) is 6.97. The fourth-order valence-corrected chi connectivity index (χ4v) is 0.958. The zero-order valence-corrected chi connectivity index (χ0v) is 6.97. The monoisotopic (exact) mass is 224 g/mol. The smallest absolute Gasteiger partial charge is 0.420 e. The van der Waals surface area contributed by atoms with Gasteiger partial charge in [0.15, 0.2) is 11.6 Å². The molecule has 0 spiro atoms. The molecule has 3 nitrogen and oxygen atoms in total. The SMILES string of the molecule is O=C(O)c1ccc(C(F)(F)F)c(O)c1F. The molecule has 1 aromatic carbocycles. The van der Waals surface area contributed by atoms with Crippen molar-refractivity contribution in [1.29, 1.82) is 0 Å². The number of carbonyl (C=O) groups is 1. The van der Waals surface area contributed by atoms with E-state index in [2.05, 4.69) is 0 Å². The second kappa shape index (κ2) is 3.41. The molecule has 0 unspecified atom stereocenters. The highest BCUT2D eigenvalue weighted by Crippen LogP contribution is 2.37. The Kier molecular flexibility index (Phi) is 2.57. The lowest BCUT2D eigenvalue weighted by Gasteiger charge is -2.10. The molecule has 0 radical (unpaired) electrons. The van der Waals surface area contributed by atoms with E-state index in [0.717, 1.165) is 0 Å². The van der Waals surface area contributed by atoms with Crippen molar-refractivity contribution in [2.45, 2.75) is 6.18 Å². The van der Waals surface area contributed by atoms with E-state index in [1.54, 1.807) is 0 Å². The number of hydrogen-bond donors (Lipinski definition) is 2. The highest BCUT2D eigenvalue weighted by atomic mass is 19.4. The third-order valence-corrected chi connectivity index (χ3v) is 1.65. The molecule has 0 saturated heterocycles. The topological polar surface area (TPSA) is 57.5 Å². The van der Waals surface area contributed by atoms with E-state index in [4.69, 9.17) is 10.2 Å². The van der Waals surface area contributed by atoms with Crippen LogP contribution in [0.2, 0.25) is 0 Å². The van der Waals surface area contributed by atoms with Gasteiger partial charge in [0, 0.05) is 0 Å². The minimum absolute atomic E-state index is 0.307. The van der Waals surface area contributed by atoms with Gasteiger partial charge >= 0.3 is 12.1 Å². The Morgan fingerprint density at radius 1 is 1.27 bits per heavy atom. The molecule has 7 heteroatoms. The van der Waals surface area contributed by atoms with Gasteiger partial charge in [-0.15, -0.1) is 0 Å². The van der Waals surface area contributed by atoms with E-state index >= 15 is 0 Å². The van der Waals surface area contributed by atoms with Gasteiger partial charge in [-0.25, -0.2) is 9.18 Å². The van der Waals surface area contributed by atoms with Gasteiger partial charge in [-0.05, 0) is 12.1 Å². The number of phenolic OH excluding ortho intramolecular Hbond substituents is 1.